The summed E-state index contributed by atoms with van der Waals surface area (Å²) in [5.74, 6) is 0. The van der Waals surface area contributed by atoms with Crippen LogP contribution in [0.25, 0.3) is 0 Å². The van der Waals surface area contributed by atoms with Gasteiger partial charge in [-0.2, -0.15) is 7.82 Å². The van der Waals surface area contributed by atoms with Gasteiger partial charge in [-0.05, 0) is 20.8 Å². The molecule has 0 rings (SSSR count). The summed E-state index contributed by atoms with van der Waals surface area (Å²) in [5, 5.41) is 22.7. The smallest absolute Gasteiger partial charge is 0.0402 e. The van der Waals surface area contributed by atoms with Gasteiger partial charge in [-0.25, -0.2) is 0 Å². The van der Waals surface area contributed by atoms with Gasteiger partial charge in [0, 0.05) is 19.8 Å². The lowest BCUT2D eigenvalue weighted by Crippen LogP contribution is -2.24. The molecule has 0 aliphatic heterocycles. The summed E-state index contributed by atoms with van der Waals surface area (Å²) in [6, 6.07) is 0. The largest absolute Gasteiger partial charge is 0.822 e. The Kier molecular flexibility index (Phi) is 114. The van der Waals surface area contributed by atoms with Crippen molar-refractivity contribution in [3.8, 4) is 0 Å². The summed E-state index contributed by atoms with van der Waals surface area (Å²) < 4.78 is 8.55. The molecule has 0 aliphatic carbocycles. The Bertz CT molecular complexity index is 101. The van der Waals surface area contributed by atoms with Crippen molar-refractivity contribution >= 4 is 7.82 Å². The first-order valence-corrected chi connectivity index (χ1v) is 5.26. The van der Waals surface area contributed by atoms with Crippen molar-refractivity contribution in [1.29, 1.82) is 0 Å². The average molecular weight is 287 g/mol. The van der Waals surface area contributed by atoms with E-state index >= 15 is 0 Å². The number of hydrogen-bond acceptors (Lipinski definition) is 7. The maximum atomic E-state index is 8.55. The Labute approximate surface area is 102 Å². The summed E-state index contributed by atoms with van der Waals surface area (Å²) in [6.07, 6.45) is 0. The van der Waals surface area contributed by atoms with Crippen LogP contribution in [0.4, 0.5) is 0 Å². The molecule has 0 amide bonds. The van der Waals surface area contributed by atoms with E-state index in [-0.39, 0.29) is 38.3 Å². The third-order valence-electron chi connectivity index (χ3n) is 0. The van der Waals surface area contributed by atoms with Gasteiger partial charge >= 0.3 is 0 Å². The van der Waals surface area contributed by atoms with Gasteiger partial charge < -0.3 is 53.0 Å². The molecule has 0 atom stereocenters. The van der Waals surface area contributed by atoms with E-state index in [9.17, 15) is 0 Å². The van der Waals surface area contributed by atoms with Crippen LogP contribution in [0.2, 0.25) is 0 Å². The third-order valence-corrected chi connectivity index (χ3v) is 0. The lowest BCUT2D eigenvalue weighted by atomic mass is 10.9. The molecule has 0 saturated carbocycles. The molecule has 0 bridgehead atoms. The van der Waals surface area contributed by atoms with Crippen LogP contribution in [0.1, 0.15) is 20.8 Å². The first-order valence-electron chi connectivity index (χ1n) is 3.80. The van der Waals surface area contributed by atoms with Crippen LogP contribution < -0.4 is 33.1 Å². The van der Waals surface area contributed by atoms with Crippen LogP contribution >= 0.6 is 7.82 Å². The average Bonchev–Trinajstić information content (AvgIpc) is 1.86. The first kappa shape index (κ1) is 43.6. The van der Waals surface area contributed by atoms with E-state index in [1.54, 1.807) is 20.8 Å². The molecule has 0 aliphatic rings. The Hall–Kier alpha value is -0.130. The summed E-state index contributed by atoms with van der Waals surface area (Å²) in [5.41, 5.74) is 0. The number of aliphatic hydroxyl groups is 3. The Morgan fingerprint density at radius 1 is 0.765 bits per heavy atom. The summed E-state index contributed by atoms with van der Waals surface area (Å²) in [7, 11) is -5.39. The molecule has 0 heterocycles. The Balaban J connectivity index is -0.0000000152. The van der Waals surface area contributed by atoms with Crippen LogP contribution in [-0.4, -0.2) is 35.1 Å². The molecule has 0 unspecified atom stereocenters. The molecule has 0 fully saturated rings. The van der Waals surface area contributed by atoms with E-state index in [1.165, 1.54) is 0 Å². The lowest BCUT2D eigenvalue weighted by molar-refractivity contribution is -0.432. The SMILES string of the molecule is CCO.CCO.CCO.O=P([O-])([O-])[O-].[NH4+].[NH4+].[NH4+]. The molecular formula is C6H30N3O7P. The molecule has 0 saturated heterocycles. The number of rotatable bonds is 0. The van der Waals surface area contributed by atoms with E-state index in [2.05, 4.69) is 0 Å². The molecular weight excluding hydrogens is 257 g/mol. The maximum absolute atomic E-state index is 8.55. The van der Waals surface area contributed by atoms with Gasteiger partial charge in [0.05, 0.1) is 0 Å². The zero-order valence-electron chi connectivity index (χ0n) is 11.5. The lowest BCUT2D eigenvalue weighted by Gasteiger charge is -2.36. The van der Waals surface area contributed by atoms with Crippen LogP contribution in [0.15, 0.2) is 0 Å². The highest BCUT2D eigenvalue weighted by atomic mass is 31.2. The molecule has 0 radical (unpaired) electrons. The van der Waals surface area contributed by atoms with Crippen LogP contribution in [-0.2, 0) is 4.57 Å². The Morgan fingerprint density at radius 3 is 0.765 bits per heavy atom. The van der Waals surface area contributed by atoms with Crippen molar-refractivity contribution in [2.24, 2.45) is 0 Å². The molecule has 10 nitrogen and oxygen atoms in total. The van der Waals surface area contributed by atoms with Crippen molar-refractivity contribution in [2.75, 3.05) is 19.8 Å². The molecule has 116 valence electrons. The fourth-order valence-electron chi connectivity index (χ4n) is 0. The molecule has 11 heteroatoms. The monoisotopic (exact) mass is 287 g/mol. The topological polar surface area (TPSA) is 256 Å². The summed E-state index contributed by atoms with van der Waals surface area (Å²) in [6.45, 7) is 5.79. The van der Waals surface area contributed by atoms with Crippen molar-refractivity contribution in [3.05, 3.63) is 0 Å². The van der Waals surface area contributed by atoms with Crippen molar-refractivity contribution in [3.63, 3.8) is 0 Å². The summed E-state index contributed by atoms with van der Waals surface area (Å²) in [4.78, 5) is 25.6. The van der Waals surface area contributed by atoms with Gasteiger partial charge in [-0.1, -0.05) is 0 Å². The van der Waals surface area contributed by atoms with Gasteiger partial charge in [0.25, 0.3) is 0 Å². The number of phosphoric acid groups is 1. The quantitative estimate of drug-likeness (QED) is 0.281. The highest BCUT2D eigenvalue weighted by Crippen LogP contribution is 2.03. The van der Waals surface area contributed by atoms with E-state index in [4.69, 9.17) is 34.6 Å². The van der Waals surface area contributed by atoms with Crippen molar-refractivity contribution in [2.45, 2.75) is 20.8 Å². The van der Waals surface area contributed by atoms with Gasteiger partial charge in [0.15, 0.2) is 0 Å². The standard InChI is InChI=1S/3C2H6O.3H3N.H3O4P/c3*1-2-3;;;;1-5(2,3)4/h3*3H,2H2,1H3;3*1H3;(H3,1,2,3,4). The molecule has 0 aromatic carbocycles. The van der Waals surface area contributed by atoms with Gasteiger partial charge in [0.2, 0.25) is 0 Å². The fraction of sp³-hybridized carbons (Fsp3) is 1.00. The molecule has 15 N–H and O–H groups in total. The van der Waals surface area contributed by atoms with Gasteiger partial charge in [0.1, 0.15) is 0 Å². The van der Waals surface area contributed by atoms with Gasteiger partial charge in [-0.3, -0.25) is 0 Å². The van der Waals surface area contributed by atoms with Crippen LogP contribution in [0.5, 0.6) is 0 Å². The van der Waals surface area contributed by atoms with E-state index in [0.717, 1.165) is 0 Å². The highest BCUT2D eigenvalue weighted by Gasteiger charge is 1.44. The molecule has 0 spiro atoms. The van der Waals surface area contributed by atoms with Crippen molar-refractivity contribution < 1.29 is 34.6 Å². The zero-order valence-corrected chi connectivity index (χ0v) is 12.4. The van der Waals surface area contributed by atoms with E-state index < -0.39 is 7.82 Å². The van der Waals surface area contributed by atoms with Crippen LogP contribution in [0.3, 0.4) is 0 Å². The van der Waals surface area contributed by atoms with Gasteiger partial charge in [-0.15, -0.1) is 0 Å². The second kappa shape index (κ2) is 44.6. The summed E-state index contributed by atoms with van der Waals surface area (Å²) >= 11 is 0. The molecule has 17 heavy (non-hydrogen) atoms. The van der Waals surface area contributed by atoms with E-state index in [0.29, 0.717) is 0 Å². The van der Waals surface area contributed by atoms with Crippen molar-refractivity contribution in [1.82, 2.24) is 18.5 Å². The Morgan fingerprint density at radius 2 is 0.765 bits per heavy atom. The second-order valence-corrected chi connectivity index (χ2v) is 2.29. The third kappa shape index (κ3) is 181000. The molecule has 0 aromatic rings. The predicted molar refractivity (Wildman–Crippen MR) is 63.8 cm³/mol. The maximum Gasteiger partial charge on any atom is 0.0402 e. The minimum absolute atomic E-state index is 0. The number of quaternary nitrogens is 3. The predicted octanol–water partition coefficient (Wildman–Crippen LogP) is -1.70. The highest BCUT2D eigenvalue weighted by molar-refractivity contribution is 7.40. The minimum atomic E-state index is -5.39. The molecule has 0 aromatic heterocycles. The number of aliphatic hydroxyl groups excluding tert-OH is 3. The zero-order chi connectivity index (χ0) is 12.6. The van der Waals surface area contributed by atoms with E-state index in [1.807, 2.05) is 0 Å². The fourth-order valence-corrected chi connectivity index (χ4v) is 0. The minimum Gasteiger partial charge on any atom is -0.822 e. The first-order chi connectivity index (χ1) is 6.24. The van der Waals surface area contributed by atoms with Crippen LogP contribution in [0, 0.1) is 0 Å². The number of hydrogen-bond donors (Lipinski definition) is 6. The second-order valence-electron chi connectivity index (χ2n) is 1.40. The normalized spacial score (nSPS) is 6.65.